The summed E-state index contributed by atoms with van der Waals surface area (Å²) in [7, 11) is 0. The molecule has 8 nitrogen and oxygen atoms in total. The topological polar surface area (TPSA) is 104 Å². The van der Waals surface area contributed by atoms with Crippen LogP contribution in [-0.2, 0) is 6.42 Å². The number of aromatic nitrogens is 6. The number of anilines is 1. The van der Waals surface area contributed by atoms with Gasteiger partial charge in [-0.1, -0.05) is 18.2 Å². The molecule has 0 radical (unpaired) electrons. The second-order valence-corrected chi connectivity index (χ2v) is 5.33. The van der Waals surface area contributed by atoms with Crippen LogP contribution in [0.15, 0.2) is 42.6 Å². The number of aromatic amines is 1. The number of rotatable bonds is 5. The normalized spacial score (nSPS) is 12.7. The van der Waals surface area contributed by atoms with Gasteiger partial charge in [0.25, 0.3) is 0 Å². The molecule has 116 valence electrons. The van der Waals surface area contributed by atoms with Gasteiger partial charge < -0.3 is 15.4 Å². The molecule has 1 atom stereocenters. The van der Waals surface area contributed by atoms with Gasteiger partial charge in [0.1, 0.15) is 5.82 Å². The third-order valence-electron chi connectivity index (χ3n) is 3.78. The highest BCUT2D eigenvalue weighted by molar-refractivity contribution is 5.83. The van der Waals surface area contributed by atoms with Crippen LogP contribution >= 0.6 is 0 Å². The molecule has 0 spiro atoms. The zero-order valence-electron chi connectivity index (χ0n) is 12.2. The van der Waals surface area contributed by atoms with Gasteiger partial charge in [-0.3, -0.25) is 0 Å². The summed E-state index contributed by atoms with van der Waals surface area (Å²) in [5, 5.41) is 29.5. The van der Waals surface area contributed by atoms with Crippen LogP contribution in [0.3, 0.4) is 0 Å². The highest BCUT2D eigenvalue weighted by Gasteiger charge is 2.13. The van der Waals surface area contributed by atoms with E-state index in [-0.39, 0.29) is 12.6 Å². The highest BCUT2D eigenvalue weighted by atomic mass is 16.3. The molecule has 4 rings (SSSR count). The lowest BCUT2D eigenvalue weighted by Crippen LogP contribution is -2.27. The molecule has 0 aliphatic rings. The molecule has 0 fully saturated rings. The van der Waals surface area contributed by atoms with E-state index in [0.29, 0.717) is 17.9 Å². The lowest BCUT2D eigenvalue weighted by atomic mass is 10.1. The molecular formula is C15H15N7O. The fourth-order valence-corrected chi connectivity index (χ4v) is 2.66. The van der Waals surface area contributed by atoms with Crippen LogP contribution in [0.5, 0.6) is 0 Å². The summed E-state index contributed by atoms with van der Waals surface area (Å²) in [6, 6.07) is 11.5. The SMILES string of the molecule is OC[C@H](Cc1c[nH]c2ccccc12)Nc1ccc2nnnn2n1. The number of H-pyrrole nitrogens is 1. The maximum atomic E-state index is 9.68. The smallest absolute Gasteiger partial charge is 0.200 e. The van der Waals surface area contributed by atoms with E-state index in [4.69, 9.17) is 0 Å². The van der Waals surface area contributed by atoms with Crippen molar-refractivity contribution in [1.82, 2.24) is 30.2 Å². The van der Waals surface area contributed by atoms with Crippen LogP contribution in [0.4, 0.5) is 5.82 Å². The van der Waals surface area contributed by atoms with Crippen LogP contribution < -0.4 is 5.32 Å². The highest BCUT2D eigenvalue weighted by Crippen LogP contribution is 2.20. The van der Waals surface area contributed by atoms with Crippen molar-refractivity contribution in [3.05, 3.63) is 48.2 Å². The van der Waals surface area contributed by atoms with Crippen LogP contribution in [-0.4, -0.2) is 48.0 Å². The molecule has 8 heteroatoms. The number of fused-ring (bicyclic) bond motifs is 2. The monoisotopic (exact) mass is 309 g/mol. The fourth-order valence-electron chi connectivity index (χ4n) is 2.66. The molecule has 0 bridgehead atoms. The molecule has 3 aromatic heterocycles. The maximum absolute atomic E-state index is 9.68. The van der Waals surface area contributed by atoms with Crippen LogP contribution in [0.25, 0.3) is 16.6 Å². The Hall–Kier alpha value is -3.00. The van der Waals surface area contributed by atoms with Gasteiger partial charge in [-0.25, -0.2) is 0 Å². The quantitative estimate of drug-likeness (QED) is 0.508. The van der Waals surface area contributed by atoms with Crippen molar-refractivity contribution >= 4 is 22.4 Å². The minimum atomic E-state index is -0.157. The number of hydrogen-bond acceptors (Lipinski definition) is 6. The van der Waals surface area contributed by atoms with E-state index in [0.717, 1.165) is 16.5 Å². The second-order valence-electron chi connectivity index (χ2n) is 5.33. The molecule has 0 amide bonds. The van der Waals surface area contributed by atoms with Crippen LogP contribution in [0, 0.1) is 0 Å². The lowest BCUT2D eigenvalue weighted by Gasteiger charge is -2.16. The van der Waals surface area contributed by atoms with Crippen molar-refractivity contribution in [3.63, 3.8) is 0 Å². The van der Waals surface area contributed by atoms with Crippen molar-refractivity contribution in [3.8, 4) is 0 Å². The van der Waals surface area contributed by atoms with Crippen molar-refractivity contribution in [2.24, 2.45) is 0 Å². The Morgan fingerprint density at radius 3 is 3.04 bits per heavy atom. The Balaban J connectivity index is 1.56. The van der Waals surface area contributed by atoms with Gasteiger partial charge in [0.05, 0.1) is 12.6 Å². The van der Waals surface area contributed by atoms with Crippen LogP contribution in [0.2, 0.25) is 0 Å². The Bertz CT molecular complexity index is 945. The standard InChI is InChI=1S/C15H15N7O/c23-9-11(7-10-8-16-13-4-2-1-3-12(10)13)17-14-5-6-15-18-20-21-22(15)19-14/h1-6,8,11,16,23H,7,9H2,(H,17,19)/t11-/m0/s1. The average Bonchev–Trinajstić information content (AvgIpc) is 3.21. The first-order valence-electron chi connectivity index (χ1n) is 7.31. The molecule has 0 unspecified atom stereocenters. The van der Waals surface area contributed by atoms with Gasteiger partial charge in [-0.2, -0.15) is 0 Å². The first-order chi connectivity index (χ1) is 11.3. The number of aliphatic hydroxyl groups excluding tert-OH is 1. The summed E-state index contributed by atoms with van der Waals surface area (Å²) >= 11 is 0. The second kappa shape index (κ2) is 5.65. The number of nitrogens with one attached hydrogen (secondary N) is 2. The van der Waals surface area contributed by atoms with Crippen molar-refractivity contribution in [2.45, 2.75) is 12.5 Å². The average molecular weight is 309 g/mol. The van der Waals surface area contributed by atoms with Crippen LogP contribution in [0.1, 0.15) is 5.56 Å². The van der Waals surface area contributed by atoms with E-state index in [1.807, 2.05) is 24.4 Å². The van der Waals surface area contributed by atoms with E-state index in [1.54, 1.807) is 12.1 Å². The summed E-state index contributed by atoms with van der Waals surface area (Å²) in [5.41, 5.74) is 2.82. The third kappa shape index (κ3) is 2.59. The first kappa shape index (κ1) is 13.6. The number of benzene rings is 1. The molecular weight excluding hydrogens is 294 g/mol. The molecule has 0 saturated heterocycles. The van der Waals surface area contributed by atoms with Gasteiger partial charge in [-0.15, -0.1) is 14.8 Å². The number of tetrazole rings is 1. The molecule has 3 N–H and O–H groups in total. The van der Waals surface area contributed by atoms with Crippen molar-refractivity contribution < 1.29 is 5.11 Å². The zero-order chi connectivity index (χ0) is 15.6. The summed E-state index contributed by atoms with van der Waals surface area (Å²) in [6.07, 6.45) is 2.66. The van der Waals surface area contributed by atoms with Gasteiger partial charge in [0, 0.05) is 17.1 Å². The number of hydrogen-bond donors (Lipinski definition) is 3. The molecule has 0 saturated carbocycles. The van der Waals surface area contributed by atoms with Crippen molar-refractivity contribution in [1.29, 1.82) is 0 Å². The summed E-state index contributed by atoms with van der Waals surface area (Å²) in [5.74, 6) is 0.615. The summed E-state index contributed by atoms with van der Waals surface area (Å²) < 4.78 is 1.35. The van der Waals surface area contributed by atoms with Gasteiger partial charge in [0.2, 0.25) is 0 Å². The molecule has 0 aliphatic carbocycles. The van der Waals surface area contributed by atoms with E-state index < -0.39 is 0 Å². The van der Waals surface area contributed by atoms with Gasteiger partial charge >= 0.3 is 0 Å². The van der Waals surface area contributed by atoms with Gasteiger partial charge in [0.15, 0.2) is 5.65 Å². The van der Waals surface area contributed by atoms with E-state index >= 15 is 0 Å². The zero-order valence-corrected chi connectivity index (χ0v) is 12.2. The molecule has 4 aromatic rings. The Labute approximate surface area is 131 Å². The minimum absolute atomic E-state index is 0.00513. The number of nitrogens with zero attached hydrogens (tertiary/aromatic N) is 5. The minimum Gasteiger partial charge on any atom is -0.394 e. The van der Waals surface area contributed by atoms with Gasteiger partial charge in [-0.05, 0) is 40.6 Å². The lowest BCUT2D eigenvalue weighted by molar-refractivity contribution is 0.273. The molecule has 23 heavy (non-hydrogen) atoms. The number of aliphatic hydroxyl groups is 1. The largest absolute Gasteiger partial charge is 0.394 e. The first-order valence-corrected chi connectivity index (χ1v) is 7.31. The third-order valence-corrected chi connectivity index (χ3v) is 3.78. The Morgan fingerprint density at radius 2 is 2.13 bits per heavy atom. The van der Waals surface area contributed by atoms with E-state index in [2.05, 4.69) is 37.0 Å². The maximum Gasteiger partial charge on any atom is 0.200 e. The molecule has 0 aliphatic heterocycles. The summed E-state index contributed by atoms with van der Waals surface area (Å²) in [6.45, 7) is -0.00513. The predicted molar refractivity (Wildman–Crippen MR) is 85.1 cm³/mol. The van der Waals surface area contributed by atoms with E-state index in [9.17, 15) is 5.11 Å². The fraction of sp³-hybridized carbons (Fsp3) is 0.200. The van der Waals surface area contributed by atoms with Crippen molar-refractivity contribution in [2.75, 3.05) is 11.9 Å². The Kier molecular flexibility index (Phi) is 3.35. The molecule has 1 aromatic carbocycles. The number of para-hydroxylation sites is 1. The van der Waals surface area contributed by atoms with E-state index in [1.165, 1.54) is 4.63 Å². The predicted octanol–water partition coefficient (Wildman–Crippen LogP) is 1.02. The Morgan fingerprint density at radius 1 is 1.22 bits per heavy atom. The molecule has 3 heterocycles. The summed E-state index contributed by atoms with van der Waals surface area (Å²) in [4.78, 5) is 3.25.